The second-order valence-corrected chi connectivity index (χ2v) is 8.88. The number of carbonyl (C=O) groups excluding carboxylic acids is 2. The first-order chi connectivity index (χ1) is 12.1. The van der Waals surface area contributed by atoms with Gasteiger partial charge in [-0.05, 0) is 44.4 Å². The smallest absolute Gasteiger partial charge is 0.326 e. The number of hydrogen-bond acceptors (Lipinski definition) is 7. The zero-order valence-electron chi connectivity index (χ0n) is 16.1. The highest BCUT2D eigenvalue weighted by atomic mass is 16.7. The molecule has 7 heteroatoms. The molecule has 1 heterocycles. The number of ether oxygens (including phenoxy) is 3. The summed E-state index contributed by atoms with van der Waals surface area (Å²) in [5, 5.41) is 10.2. The maximum absolute atomic E-state index is 12.4. The lowest BCUT2D eigenvalue weighted by Gasteiger charge is -2.31. The summed E-state index contributed by atoms with van der Waals surface area (Å²) in [5.41, 5.74) is 4.71. The predicted octanol–water partition coefficient (Wildman–Crippen LogP) is 1.36. The van der Waals surface area contributed by atoms with Gasteiger partial charge in [0.05, 0.1) is 5.41 Å². The normalized spacial score (nSPS) is 38.3. The number of carbonyl (C=O) groups is 2. The fraction of sp³-hybridized carbons (Fsp3) is 0.895. The Balaban J connectivity index is 1.52. The largest absolute Gasteiger partial charge is 0.460 e. The lowest BCUT2D eigenvalue weighted by Crippen LogP contribution is -2.51. The Morgan fingerprint density at radius 1 is 1.50 bits per heavy atom. The van der Waals surface area contributed by atoms with E-state index >= 15 is 0 Å². The average Bonchev–Trinajstić information content (AvgIpc) is 3.12. The van der Waals surface area contributed by atoms with E-state index in [0.717, 1.165) is 12.8 Å². The number of aliphatic hydroxyl groups is 1. The van der Waals surface area contributed by atoms with Crippen molar-refractivity contribution < 1.29 is 28.9 Å². The van der Waals surface area contributed by atoms with E-state index in [0.29, 0.717) is 18.8 Å². The van der Waals surface area contributed by atoms with Crippen molar-refractivity contribution >= 4 is 11.9 Å². The minimum absolute atomic E-state index is 0.0471. The molecular weight excluding hydrogens is 338 g/mol. The van der Waals surface area contributed by atoms with Gasteiger partial charge in [-0.2, -0.15) is 0 Å². The van der Waals surface area contributed by atoms with Gasteiger partial charge in [0.2, 0.25) is 0 Å². The average molecular weight is 369 g/mol. The Kier molecular flexibility index (Phi) is 5.09. The minimum atomic E-state index is -1.24. The molecule has 0 spiro atoms. The van der Waals surface area contributed by atoms with Crippen LogP contribution in [0.3, 0.4) is 0 Å². The number of rotatable bonds is 8. The SMILES string of the molecule is CCC(C)(CC(C)C)C(=O)OCC(O)OC1C2CC3C1OC(=O)C3(N)C2. The lowest BCUT2D eigenvalue weighted by atomic mass is 9.80. The summed E-state index contributed by atoms with van der Waals surface area (Å²) in [7, 11) is 0. The molecule has 3 rings (SSSR count). The lowest BCUT2D eigenvalue weighted by molar-refractivity contribution is -0.203. The van der Waals surface area contributed by atoms with Crippen molar-refractivity contribution in [1.29, 1.82) is 0 Å². The first-order valence-corrected chi connectivity index (χ1v) is 9.61. The standard InChI is InChI=1S/C19H31NO6/c1-5-18(4,7-10(2)3)16(22)24-9-13(21)25-14-11-6-12-15(14)26-17(23)19(12,20)8-11/h10-15,21H,5-9,20H2,1-4H3. The van der Waals surface area contributed by atoms with Gasteiger partial charge >= 0.3 is 11.9 Å². The molecule has 0 aromatic rings. The fourth-order valence-electron chi connectivity index (χ4n) is 5.00. The topological polar surface area (TPSA) is 108 Å². The Morgan fingerprint density at radius 2 is 2.19 bits per heavy atom. The quantitative estimate of drug-likeness (QED) is 0.491. The maximum atomic E-state index is 12.4. The highest BCUT2D eigenvalue weighted by Gasteiger charge is 2.69. The fourth-order valence-corrected chi connectivity index (χ4v) is 5.00. The first-order valence-electron chi connectivity index (χ1n) is 9.61. The van der Waals surface area contributed by atoms with Crippen LogP contribution in [-0.4, -0.2) is 47.7 Å². The molecule has 0 aromatic heterocycles. The molecule has 0 aromatic carbocycles. The third kappa shape index (κ3) is 3.14. The van der Waals surface area contributed by atoms with Crippen LogP contribution < -0.4 is 5.73 Å². The van der Waals surface area contributed by atoms with Gasteiger partial charge in [-0.1, -0.05) is 20.8 Å². The van der Waals surface area contributed by atoms with Crippen LogP contribution in [-0.2, 0) is 23.8 Å². The molecule has 3 aliphatic rings. The van der Waals surface area contributed by atoms with E-state index in [2.05, 4.69) is 13.8 Å². The summed E-state index contributed by atoms with van der Waals surface area (Å²) in [6, 6.07) is 0. The summed E-state index contributed by atoms with van der Waals surface area (Å²) in [5.74, 6) is -0.272. The van der Waals surface area contributed by atoms with Gasteiger partial charge in [0, 0.05) is 5.92 Å². The minimum Gasteiger partial charge on any atom is -0.460 e. The van der Waals surface area contributed by atoms with Gasteiger partial charge in [0.15, 0.2) is 6.29 Å². The predicted molar refractivity (Wildman–Crippen MR) is 92.7 cm³/mol. The van der Waals surface area contributed by atoms with Crippen LogP contribution in [0.4, 0.5) is 0 Å². The van der Waals surface area contributed by atoms with Crippen LogP contribution in [0.5, 0.6) is 0 Å². The highest BCUT2D eigenvalue weighted by Crippen LogP contribution is 2.56. The summed E-state index contributed by atoms with van der Waals surface area (Å²) in [6.07, 6.45) is 0.656. The number of nitrogens with two attached hydrogens (primary N) is 1. The zero-order chi connectivity index (χ0) is 19.3. The van der Waals surface area contributed by atoms with Crippen molar-refractivity contribution in [3.63, 3.8) is 0 Å². The van der Waals surface area contributed by atoms with E-state index < -0.39 is 23.3 Å². The summed E-state index contributed by atoms with van der Waals surface area (Å²) in [6.45, 7) is 7.74. The molecule has 0 amide bonds. The van der Waals surface area contributed by atoms with Crippen LogP contribution in [0.25, 0.3) is 0 Å². The Bertz CT molecular complexity index is 580. The van der Waals surface area contributed by atoms with Gasteiger partial charge in [0.25, 0.3) is 0 Å². The van der Waals surface area contributed by atoms with E-state index in [9.17, 15) is 14.7 Å². The third-order valence-corrected chi connectivity index (χ3v) is 6.43. The van der Waals surface area contributed by atoms with Crippen molar-refractivity contribution in [1.82, 2.24) is 0 Å². The molecule has 2 aliphatic carbocycles. The van der Waals surface area contributed by atoms with Crippen molar-refractivity contribution in [3.05, 3.63) is 0 Å². The van der Waals surface area contributed by atoms with Crippen molar-refractivity contribution in [2.45, 2.75) is 77.4 Å². The Hall–Kier alpha value is -1.18. The van der Waals surface area contributed by atoms with E-state index in [1.165, 1.54) is 0 Å². The number of fused-ring (bicyclic) bond motifs is 1. The van der Waals surface area contributed by atoms with Gasteiger partial charge in [-0.25, -0.2) is 0 Å². The molecule has 1 saturated heterocycles. The van der Waals surface area contributed by atoms with Crippen molar-refractivity contribution in [2.75, 3.05) is 6.61 Å². The molecule has 1 aliphatic heterocycles. The van der Waals surface area contributed by atoms with Gasteiger partial charge < -0.3 is 25.1 Å². The molecule has 7 atom stereocenters. The summed E-state index contributed by atoms with van der Waals surface area (Å²) >= 11 is 0. The third-order valence-electron chi connectivity index (χ3n) is 6.43. The maximum Gasteiger partial charge on any atom is 0.326 e. The monoisotopic (exact) mass is 369 g/mol. The van der Waals surface area contributed by atoms with Crippen LogP contribution in [0.2, 0.25) is 0 Å². The molecule has 2 saturated carbocycles. The molecule has 3 fully saturated rings. The summed E-state index contributed by atoms with van der Waals surface area (Å²) < 4.78 is 16.4. The first kappa shape index (κ1) is 19.6. The van der Waals surface area contributed by atoms with Gasteiger partial charge in [-0.15, -0.1) is 0 Å². The van der Waals surface area contributed by atoms with Crippen molar-refractivity contribution in [3.8, 4) is 0 Å². The van der Waals surface area contributed by atoms with E-state index in [-0.39, 0.29) is 36.5 Å². The second kappa shape index (κ2) is 6.77. The molecular formula is C19H31NO6. The van der Waals surface area contributed by atoms with Crippen LogP contribution in [0.1, 0.15) is 53.4 Å². The highest BCUT2D eigenvalue weighted by molar-refractivity contribution is 5.85. The molecule has 3 N–H and O–H groups in total. The molecule has 2 bridgehead atoms. The van der Waals surface area contributed by atoms with Crippen molar-refractivity contribution in [2.24, 2.45) is 28.9 Å². The number of aliphatic hydroxyl groups excluding tert-OH is 1. The van der Waals surface area contributed by atoms with E-state index in [4.69, 9.17) is 19.9 Å². The van der Waals surface area contributed by atoms with E-state index in [1.807, 2.05) is 13.8 Å². The number of hydrogen-bond donors (Lipinski definition) is 2. The molecule has 0 radical (unpaired) electrons. The van der Waals surface area contributed by atoms with Crippen LogP contribution in [0, 0.1) is 23.2 Å². The summed E-state index contributed by atoms with van der Waals surface area (Å²) in [4.78, 5) is 24.4. The second-order valence-electron chi connectivity index (χ2n) is 8.88. The van der Waals surface area contributed by atoms with Crippen LogP contribution >= 0.6 is 0 Å². The van der Waals surface area contributed by atoms with Gasteiger partial charge in [0.1, 0.15) is 24.4 Å². The molecule has 148 valence electrons. The van der Waals surface area contributed by atoms with E-state index in [1.54, 1.807) is 0 Å². The Morgan fingerprint density at radius 3 is 2.81 bits per heavy atom. The molecule has 7 nitrogen and oxygen atoms in total. The van der Waals surface area contributed by atoms with Gasteiger partial charge in [-0.3, -0.25) is 9.59 Å². The molecule has 7 unspecified atom stereocenters. The van der Waals surface area contributed by atoms with Crippen LogP contribution in [0.15, 0.2) is 0 Å². The number of esters is 2. The molecule has 26 heavy (non-hydrogen) atoms. The zero-order valence-corrected chi connectivity index (χ0v) is 16.1. The Labute approximate surface area is 154 Å².